The molecule has 0 saturated carbocycles. The molecule has 0 aromatic rings. The van der Waals surface area contributed by atoms with Crippen LogP contribution in [0.4, 0.5) is 4.79 Å². The number of hydrogen-bond donors (Lipinski definition) is 2. The Morgan fingerprint density at radius 2 is 2.28 bits per heavy atom. The third-order valence-corrected chi connectivity index (χ3v) is 3.08. The van der Waals surface area contributed by atoms with Crippen LogP contribution in [0, 0.1) is 5.92 Å². The van der Waals surface area contributed by atoms with E-state index in [9.17, 15) is 9.59 Å². The predicted octanol–water partition coefficient (Wildman–Crippen LogP) is 0.918. The van der Waals surface area contributed by atoms with Crippen LogP contribution in [-0.4, -0.2) is 54.4 Å². The molecule has 104 valence electrons. The molecule has 6 nitrogen and oxygen atoms in total. The van der Waals surface area contributed by atoms with Crippen molar-refractivity contribution >= 4 is 12.0 Å². The molecule has 2 unspecified atom stereocenters. The molecule has 0 spiro atoms. The highest BCUT2D eigenvalue weighted by atomic mass is 16.5. The number of nitrogens with one attached hydrogen (secondary N) is 1. The maximum Gasteiger partial charge on any atom is 0.317 e. The van der Waals surface area contributed by atoms with E-state index in [-0.39, 0.29) is 24.4 Å². The summed E-state index contributed by atoms with van der Waals surface area (Å²) in [6, 6.07) is 0.000973. The standard InChI is InChI=1S/C12H22N2O4/c1-9(3-4-11(15)16)7-13-12(17)14-5-6-18-8-10(14)2/h9-10H,3-8H2,1-2H3,(H,13,17)(H,15,16). The van der Waals surface area contributed by atoms with Gasteiger partial charge in [-0.3, -0.25) is 4.79 Å². The second-order valence-electron chi connectivity index (χ2n) is 4.84. The average molecular weight is 258 g/mol. The van der Waals surface area contributed by atoms with E-state index >= 15 is 0 Å². The van der Waals surface area contributed by atoms with Crippen molar-refractivity contribution < 1.29 is 19.4 Å². The Labute approximate surface area is 107 Å². The van der Waals surface area contributed by atoms with Gasteiger partial charge in [-0.15, -0.1) is 0 Å². The molecule has 0 aromatic heterocycles. The zero-order chi connectivity index (χ0) is 13.5. The van der Waals surface area contributed by atoms with E-state index in [2.05, 4.69) is 5.32 Å². The van der Waals surface area contributed by atoms with Gasteiger partial charge in [0.05, 0.1) is 19.3 Å². The first kappa shape index (κ1) is 14.8. The third kappa shape index (κ3) is 4.91. The Hall–Kier alpha value is -1.30. The molecule has 1 heterocycles. The molecule has 0 bridgehead atoms. The van der Waals surface area contributed by atoms with Crippen LogP contribution in [-0.2, 0) is 9.53 Å². The van der Waals surface area contributed by atoms with E-state index in [4.69, 9.17) is 9.84 Å². The summed E-state index contributed by atoms with van der Waals surface area (Å²) in [6.07, 6.45) is 0.722. The van der Waals surface area contributed by atoms with Crippen molar-refractivity contribution in [2.24, 2.45) is 5.92 Å². The summed E-state index contributed by atoms with van der Waals surface area (Å²) in [5, 5.41) is 11.4. The average Bonchev–Trinajstić information content (AvgIpc) is 2.34. The highest BCUT2D eigenvalue weighted by Gasteiger charge is 2.23. The van der Waals surface area contributed by atoms with Gasteiger partial charge in [0.25, 0.3) is 0 Å². The Balaban J connectivity index is 2.25. The van der Waals surface area contributed by atoms with E-state index in [1.54, 1.807) is 4.90 Å². The van der Waals surface area contributed by atoms with E-state index in [0.29, 0.717) is 32.7 Å². The van der Waals surface area contributed by atoms with E-state index in [0.717, 1.165) is 0 Å². The monoisotopic (exact) mass is 258 g/mol. The lowest BCUT2D eigenvalue weighted by atomic mass is 10.1. The van der Waals surface area contributed by atoms with Gasteiger partial charge in [0, 0.05) is 19.5 Å². The number of carbonyl (C=O) groups is 2. The number of aliphatic carboxylic acids is 1. The Morgan fingerprint density at radius 3 is 2.89 bits per heavy atom. The van der Waals surface area contributed by atoms with Crippen LogP contribution in [0.15, 0.2) is 0 Å². The van der Waals surface area contributed by atoms with E-state index in [1.807, 2.05) is 13.8 Å². The number of carbonyl (C=O) groups excluding carboxylic acids is 1. The Kier molecular flexibility index (Phi) is 5.91. The van der Waals surface area contributed by atoms with Crippen LogP contribution in [0.2, 0.25) is 0 Å². The molecule has 1 aliphatic rings. The second-order valence-corrected chi connectivity index (χ2v) is 4.84. The largest absolute Gasteiger partial charge is 0.481 e. The molecule has 2 atom stereocenters. The van der Waals surface area contributed by atoms with Gasteiger partial charge in [-0.1, -0.05) is 6.92 Å². The molecule has 1 rings (SSSR count). The number of urea groups is 1. The predicted molar refractivity (Wildman–Crippen MR) is 66.4 cm³/mol. The van der Waals surface area contributed by atoms with Gasteiger partial charge >= 0.3 is 12.0 Å². The van der Waals surface area contributed by atoms with Gasteiger partial charge in [-0.25, -0.2) is 4.79 Å². The Morgan fingerprint density at radius 1 is 1.56 bits per heavy atom. The summed E-state index contributed by atoms with van der Waals surface area (Å²) in [4.78, 5) is 24.1. The molecule has 0 aromatic carbocycles. The van der Waals surface area contributed by atoms with Crippen molar-refractivity contribution in [2.45, 2.75) is 32.7 Å². The van der Waals surface area contributed by atoms with Crippen molar-refractivity contribution in [1.29, 1.82) is 0 Å². The zero-order valence-corrected chi connectivity index (χ0v) is 11.0. The maximum absolute atomic E-state index is 11.9. The number of ether oxygens (including phenoxy) is 1. The van der Waals surface area contributed by atoms with Crippen LogP contribution in [0.25, 0.3) is 0 Å². The number of carboxylic acid groups (broad SMARTS) is 1. The molecule has 0 radical (unpaired) electrons. The Bertz CT molecular complexity index is 296. The second kappa shape index (κ2) is 7.20. The lowest BCUT2D eigenvalue weighted by Crippen LogP contribution is -2.51. The van der Waals surface area contributed by atoms with Gasteiger partial charge < -0.3 is 20.1 Å². The summed E-state index contributed by atoms with van der Waals surface area (Å²) in [5.74, 6) is -0.628. The van der Waals surface area contributed by atoms with Gasteiger partial charge in [-0.05, 0) is 19.3 Å². The molecule has 2 amide bonds. The van der Waals surface area contributed by atoms with Crippen molar-refractivity contribution in [1.82, 2.24) is 10.2 Å². The lowest BCUT2D eigenvalue weighted by Gasteiger charge is -2.33. The fourth-order valence-corrected chi connectivity index (χ4v) is 1.86. The molecule has 18 heavy (non-hydrogen) atoms. The first-order valence-electron chi connectivity index (χ1n) is 6.34. The number of amides is 2. The minimum absolute atomic E-state index is 0.0898. The number of morpholine rings is 1. The number of rotatable bonds is 5. The third-order valence-electron chi connectivity index (χ3n) is 3.08. The molecular weight excluding hydrogens is 236 g/mol. The van der Waals surface area contributed by atoms with Crippen LogP contribution in [0.1, 0.15) is 26.7 Å². The highest BCUT2D eigenvalue weighted by Crippen LogP contribution is 2.08. The minimum atomic E-state index is -0.796. The van der Waals surface area contributed by atoms with Gasteiger partial charge in [0.1, 0.15) is 0 Å². The first-order valence-corrected chi connectivity index (χ1v) is 6.34. The summed E-state index contributed by atoms with van der Waals surface area (Å²) in [6.45, 7) is 6.15. The lowest BCUT2D eigenvalue weighted by molar-refractivity contribution is -0.137. The molecule has 1 saturated heterocycles. The summed E-state index contributed by atoms with van der Waals surface area (Å²) < 4.78 is 5.27. The first-order chi connectivity index (χ1) is 8.50. The normalized spacial score (nSPS) is 21.4. The van der Waals surface area contributed by atoms with Gasteiger partial charge in [0.2, 0.25) is 0 Å². The van der Waals surface area contributed by atoms with Crippen molar-refractivity contribution in [3.05, 3.63) is 0 Å². The molecular formula is C12H22N2O4. The van der Waals surface area contributed by atoms with Crippen LogP contribution in [0.3, 0.4) is 0 Å². The summed E-state index contributed by atoms with van der Waals surface area (Å²) >= 11 is 0. The molecule has 6 heteroatoms. The minimum Gasteiger partial charge on any atom is -0.481 e. The van der Waals surface area contributed by atoms with Crippen molar-refractivity contribution in [3.8, 4) is 0 Å². The summed E-state index contributed by atoms with van der Waals surface area (Å²) in [7, 11) is 0. The SMILES string of the molecule is CC(CCC(=O)O)CNC(=O)N1CCOCC1C. The molecule has 0 aliphatic carbocycles. The quantitative estimate of drug-likeness (QED) is 0.768. The van der Waals surface area contributed by atoms with Crippen LogP contribution >= 0.6 is 0 Å². The summed E-state index contributed by atoms with van der Waals surface area (Å²) in [5.41, 5.74) is 0. The zero-order valence-electron chi connectivity index (χ0n) is 11.0. The van der Waals surface area contributed by atoms with Gasteiger partial charge in [-0.2, -0.15) is 0 Å². The molecule has 1 fully saturated rings. The highest BCUT2D eigenvalue weighted by molar-refractivity contribution is 5.74. The number of hydrogen-bond acceptors (Lipinski definition) is 3. The molecule has 1 aliphatic heterocycles. The van der Waals surface area contributed by atoms with Gasteiger partial charge in [0.15, 0.2) is 0 Å². The van der Waals surface area contributed by atoms with Crippen molar-refractivity contribution in [3.63, 3.8) is 0 Å². The number of carboxylic acids is 1. The van der Waals surface area contributed by atoms with E-state index in [1.165, 1.54) is 0 Å². The van der Waals surface area contributed by atoms with Crippen molar-refractivity contribution in [2.75, 3.05) is 26.3 Å². The maximum atomic E-state index is 11.9. The van der Waals surface area contributed by atoms with Crippen LogP contribution in [0.5, 0.6) is 0 Å². The smallest absolute Gasteiger partial charge is 0.317 e. The van der Waals surface area contributed by atoms with E-state index < -0.39 is 5.97 Å². The topological polar surface area (TPSA) is 78.9 Å². The molecule has 2 N–H and O–H groups in total. The fourth-order valence-electron chi connectivity index (χ4n) is 1.86. The van der Waals surface area contributed by atoms with Crippen LogP contribution < -0.4 is 5.32 Å². The fraction of sp³-hybridized carbons (Fsp3) is 0.833. The number of nitrogens with zero attached hydrogens (tertiary/aromatic N) is 1.